The fourth-order valence-corrected chi connectivity index (χ4v) is 1.04. The molecule has 0 aliphatic heterocycles. The van der Waals surface area contributed by atoms with Crippen LogP contribution in [-0.2, 0) is 0 Å². The zero-order valence-electron chi connectivity index (χ0n) is 8.36. The number of nitrogens with zero attached hydrogens (tertiary/aromatic N) is 2. The highest BCUT2D eigenvalue weighted by Crippen LogP contribution is 2.20. The molecule has 1 rings (SSSR count). The molecule has 0 saturated carbocycles. The Labute approximate surface area is 86.8 Å². The lowest BCUT2D eigenvalue weighted by molar-refractivity contribution is -0.384. The number of nitrogens with one attached hydrogen (secondary N) is 2. The SMILES string of the molecule is CNCCNc1ccc([N+](=O)[O-])c(N)n1. The number of likely N-dealkylation sites (N-methyl/N-ethyl adjacent to an activating group) is 1. The predicted octanol–water partition coefficient (Wildman–Crippen LogP) is 0.203. The molecule has 1 aromatic heterocycles. The smallest absolute Gasteiger partial charge is 0.311 e. The molecule has 0 aliphatic rings. The topological polar surface area (TPSA) is 106 Å². The second kappa shape index (κ2) is 5.11. The molecule has 0 aromatic carbocycles. The summed E-state index contributed by atoms with van der Waals surface area (Å²) < 4.78 is 0. The van der Waals surface area contributed by atoms with E-state index in [0.29, 0.717) is 12.4 Å². The zero-order valence-corrected chi connectivity index (χ0v) is 8.36. The van der Waals surface area contributed by atoms with Gasteiger partial charge < -0.3 is 16.4 Å². The molecule has 15 heavy (non-hydrogen) atoms. The van der Waals surface area contributed by atoms with Crippen LogP contribution in [0.5, 0.6) is 0 Å². The molecule has 7 heteroatoms. The number of hydrogen-bond acceptors (Lipinski definition) is 6. The van der Waals surface area contributed by atoms with Gasteiger partial charge in [-0.15, -0.1) is 0 Å². The van der Waals surface area contributed by atoms with Crippen LogP contribution < -0.4 is 16.4 Å². The van der Waals surface area contributed by atoms with Crippen molar-refractivity contribution in [2.75, 3.05) is 31.2 Å². The Hall–Kier alpha value is -1.89. The van der Waals surface area contributed by atoms with Crippen LogP contribution in [0, 0.1) is 10.1 Å². The van der Waals surface area contributed by atoms with E-state index < -0.39 is 4.92 Å². The van der Waals surface area contributed by atoms with Gasteiger partial charge in [-0.25, -0.2) is 4.98 Å². The highest BCUT2D eigenvalue weighted by molar-refractivity contribution is 5.57. The van der Waals surface area contributed by atoms with Gasteiger partial charge in [-0.05, 0) is 13.1 Å². The summed E-state index contributed by atoms with van der Waals surface area (Å²) in [6, 6.07) is 2.87. The Morgan fingerprint density at radius 2 is 2.27 bits per heavy atom. The zero-order chi connectivity index (χ0) is 11.3. The third kappa shape index (κ3) is 3.06. The lowest BCUT2D eigenvalue weighted by Crippen LogP contribution is -2.18. The Bertz CT molecular complexity index is 355. The van der Waals surface area contributed by atoms with Gasteiger partial charge in [-0.1, -0.05) is 0 Å². The molecule has 0 amide bonds. The minimum atomic E-state index is -0.556. The summed E-state index contributed by atoms with van der Waals surface area (Å²) in [5, 5.41) is 16.4. The van der Waals surface area contributed by atoms with E-state index in [4.69, 9.17) is 5.73 Å². The average molecular weight is 211 g/mol. The lowest BCUT2D eigenvalue weighted by atomic mass is 10.4. The number of nitro groups is 1. The first-order chi connectivity index (χ1) is 7.15. The van der Waals surface area contributed by atoms with Crippen LogP contribution in [0.1, 0.15) is 0 Å². The van der Waals surface area contributed by atoms with E-state index in [0.717, 1.165) is 6.54 Å². The number of nitrogens with two attached hydrogens (primary N) is 1. The molecular weight excluding hydrogens is 198 g/mol. The Morgan fingerprint density at radius 1 is 1.53 bits per heavy atom. The molecule has 1 heterocycles. The summed E-state index contributed by atoms with van der Waals surface area (Å²) >= 11 is 0. The molecule has 0 bridgehead atoms. The Morgan fingerprint density at radius 3 is 2.80 bits per heavy atom. The molecule has 7 nitrogen and oxygen atoms in total. The first-order valence-electron chi connectivity index (χ1n) is 4.44. The van der Waals surface area contributed by atoms with Crippen molar-refractivity contribution in [2.45, 2.75) is 0 Å². The number of anilines is 2. The molecule has 0 unspecified atom stereocenters. The van der Waals surface area contributed by atoms with Gasteiger partial charge in [0.05, 0.1) is 4.92 Å². The first kappa shape index (κ1) is 11.2. The summed E-state index contributed by atoms with van der Waals surface area (Å²) in [6.45, 7) is 1.46. The van der Waals surface area contributed by atoms with Gasteiger partial charge in [0.2, 0.25) is 5.82 Å². The quantitative estimate of drug-likeness (QED) is 0.365. The summed E-state index contributed by atoms with van der Waals surface area (Å²) in [4.78, 5) is 13.8. The number of rotatable bonds is 5. The molecule has 0 spiro atoms. The molecule has 1 aromatic rings. The van der Waals surface area contributed by atoms with Crippen LogP contribution in [0.4, 0.5) is 17.3 Å². The van der Waals surface area contributed by atoms with E-state index in [1.54, 1.807) is 0 Å². The van der Waals surface area contributed by atoms with Crippen molar-refractivity contribution in [3.8, 4) is 0 Å². The van der Waals surface area contributed by atoms with Gasteiger partial charge in [0, 0.05) is 19.2 Å². The summed E-state index contributed by atoms with van der Waals surface area (Å²) in [7, 11) is 1.83. The van der Waals surface area contributed by atoms with Gasteiger partial charge in [0.15, 0.2) is 0 Å². The van der Waals surface area contributed by atoms with Crippen molar-refractivity contribution in [3.63, 3.8) is 0 Å². The molecule has 4 N–H and O–H groups in total. The Kier molecular flexibility index (Phi) is 3.81. The highest BCUT2D eigenvalue weighted by Gasteiger charge is 2.12. The van der Waals surface area contributed by atoms with Crippen LogP contribution in [0.25, 0.3) is 0 Å². The highest BCUT2D eigenvalue weighted by atomic mass is 16.6. The predicted molar refractivity (Wildman–Crippen MR) is 57.7 cm³/mol. The van der Waals surface area contributed by atoms with Gasteiger partial charge >= 0.3 is 5.69 Å². The third-order valence-electron chi connectivity index (χ3n) is 1.78. The summed E-state index contributed by atoms with van der Waals surface area (Å²) in [5.74, 6) is 0.461. The van der Waals surface area contributed by atoms with Gasteiger partial charge in [-0.3, -0.25) is 10.1 Å². The van der Waals surface area contributed by atoms with Crippen LogP contribution in [0.3, 0.4) is 0 Å². The van der Waals surface area contributed by atoms with Crippen molar-refractivity contribution in [3.05, 3.63) is 22.2 Å². The maximum absolute atomic E-state index is 10.4. The van der Waals surface area contributed by atoms with Gasteiger partial charge in [0.1, 0.15) is 5.82 Å². The van der Waals surface area contributed by atoms with Gasteiger partial charge in [0.25, 0.3) is 0 Å². The lowest BCUT2D eigenvalue weighted by Gasteiger charge is -2.05. The second-order valence-corrected chi connectivity index (χ2v) is 2.89. The summed E-state index contributed by atoms with van der Waals surface area (Å²) in [5.41, 5.74) is 5.25. The summed E-state index contributed by atoms with van der Waals surface area (Å²) in [6.07, 6.45) is 0. The number of pyridine rings is 1. The van der Waals surface area contributed by atoms with Crippen LogP contribution >= 0.6 is 0 Å². The second-order valence-electron chi connectivity index (χ2n) is 2.89. The van der Waals surface area contributed by atoms with E-state index in [9.17, 15) is 10.1 Å². The largest absolute Gasteiger partial charge is 0.378 e. The molecule has 0 fully saturated rings. The maximum Gasteiger partial charge on any atom is 0.311 e. The van der Waals surface area contributed by atoms with Gasteiger partial charge in [-0.2, -0.15) is 0 Å². The van der Waals surface area contributed by atoms with Crippen molar-refractivity contribution >= 4 is 17.3 Å². The fourth-order valence-electron chi connectivity index (χ4n) is 1.04. The van der Waals surface area contributed by atoms with Crippen LogP contribution in [-0.4, -0.2) is 30.0 Å². The van der Waals surface area contributed by atoms with E-state index in [1.165, 1.54) is 12.1 Å². The molecule has 0 radical (unpaired) electrons. The van der Waals surface area contributed by atoms with Crippen LogP contribution in [0.15, 0.2) is 12.1 Å². The number of hydrogen-bond donors (Lipinski definition) is 3. The molecule has 82 valence electrons. The molecule has 0 saturated heterocycles. The minimum Gasteiger partial charge on any atom is -0.378 e. The number of nitrogen functional groups attached to an aromatic ring is 1. The Balaban J connectivity index is 2.69. The van der Waals surface area contributed by atoms with E-state index in [2.05, 4.69) is 15.6 Å². The standard InChI is InChI=1S/C8H13N5O2/c1-10-4-5-11-7-3-2-6(13(14)15)8(9)12-7/h2-3,10H,4-5H2,1H3,(H3,9,11,12). The fraction of sp³-hybridized carbons (Fsp3) is 0.375. The van der Waals surface area contributed by atoms with E-state index >= 15 is 0 Å². The van der Waals surface area contributed by atoms with Crippen molar-refractivity contribution < 1.29 is 4.92 Å². The first-order valence-corrected chi connectivity index (χ1v) is 4.44. The normalized spacial score (nSPS) is 9.93. The molecule has 0 aliphatic carbocycles. The van der Waals surface area contributed by atoms with E-state index in [-0.39, 0.29) is 11.5 Å². The van der Waals surface area contributed by atoms with E-state index in [1.807, 2.05) is 7.05 Å². The van der Waals surface area contributed by atoms with Crippen LogP contribution in [0.2, 0.25) is 0 Å². The minimum absolute atomic E-state index is 0.0746. The monoisotopic (exact) mass is 211 g/mol. The molecule has 0 atom stereocenters. The molecular formula is C8H13N5O2. The third-order valence-corrected chi connectivity index (χ3v) is 1.78. The maximum atomic E-state index is 10.4. The van der Waals surface area contributed by atoms with Crippen molar-refractivity contribution in [1.82, 2.24) is 10.3 Å². The number of aromatic nitrogens is 1. The average Bonchev–Trinajstić information content (AvgIpc) is 2.17. The van der Waals surface area contributed by atoms with Crippen molar-refractivity contribution in [2.24, 2.45) is 0 Å². The van der Waals surface area contributed by atoms with Crippen molar-refractivity contribution in [1.29, 1.82) is 0 Å².